The van der Waals surface area contributed by atoms with Gasteiger partial charge in [0.05, 0.1) is 5.52 Å². The molecule has 1 fully saturated rings. The van der Waals surface area contributed by atoms with Crippen molar-refractivity contribution in [1.29, 1.82) is 0 Å². The Kier molecular flexibility index (Phi) is 4.13. The van der Waals surface area contributed by atoms with Crippen LogP contribution in [0.25, 0.3) is 10.9 Å². The molecule has 3 nitrogen and oxygen atoms in total. The van der Waals surface area contributed by atoms with Gasteiger partial charge in [-0.25, -0.2) is 9.37 Å². The fourth-order valence-electron chi connectivity index (χ4n) is 3.26. The lowest BCUT2D eigenvalue weighted by Gasteiger charge is -2.35. The van der Waals surface area contributed by atoms with E-state index in [1.165, 1.54) is 5.56 Å². The van der Waals surface area contributed by atoms with Crippen molar-refractivity contribution in [3.05, 3.63) is 72.0 Å². The van der Waals surface area contributed by atoms with Crippen molar-refractivity contribution in [2.45, 2.75) is 6.54 Å². The van der Waals surface area contributed by atoms with E-state index in [1.54, 1.807) is 12.1 Å². The zero-order chi connectivity index (χ0) is 16.4. The maximum Gasteiger partial charge on any atom is 0.136 e. The van der Waals surface area contributed by atoms with E-state index >= 15 is 0 Å². The average Bonchev–Trinajstić information content (AvgIpc) is 2.63. The summed E-state index contributed by atoms with van der Waals surface area (Å²) in [5.41, 5.74) is 2.06. The van der Waals surface area contributed by atoms with Gasteiger partial charge in [0.1, 0.15) is 11.6 Å². The lowest BCUT2D eigenvalue weighted by atomic mass is 10.2. The number of piperazine rings is 1. The van der Waals surface area contributed by atoms with Crippen LogP contribution in [0.15, 0.2) is 60.7 Å². The lowest BCUT2D eigenvalue weighted by molar-refractivity contribution is 0.249. The highest BCUT2D eigenvalue weighted by molar-refractivity contribution is 5.81. The molecule has 1 aromatic heterocycles. The monoisotopic (exact) mass is 321 g/mol. The van der Waals surface area contributed by atoms with Crippen LogP contribution in [0, 0.1) is 5.82 Å². The van der Waals surface area contributed by atoms with Crippen molar-refractivity contribution in [3.63, 3.8) is 0 Å². The summed E-state index contributed by atoms with van der Waals surface area (Å²) in [5.74, 6) is 0.549. The number of para-hydroxylation sites is 1. The molecule has 2 heterocycles. The summed E-state index contributed by atoms with van der Waals surface area (Å²) < 4.78 is 14.3. The maximum atomic E-state index is 14.3. The van der Waals surface area contributed by atoms with Crippen LogP contribution >= 0.6 is 0 Å². The molecule has 2 aromatic carbocycles. The molecule has 0 bridgehead atoms. The summed E-state index contributed by atoms with van der Waals surface area (Å²) in [6.07, 6.45) is 0. The Balaban J connectivity index is 1.46. The van der Waals surface area contributed by atoms with Crippen LogP contribution in [0.4, 0.5) is 10.2 Å². The van der Waals surface area contributed by atoms with E-state index in [4.69, 9.17) is 0 Å². The molecule has 0 spiro atoms. The number of fused-ring (bicyclic) bond motifs is 1. The van der Waals surface area contributed by atoms with Gasteiger partial charge in [0.15, 0.2) is 0 Å². The first-order valence-electron chi connectivity index (χ1n) is 8.36. The first kappa shape index (κ1) is 15.1. The van der Waals surface area contributed by atoms with E-state index in [0.29, 0.717) is 5.39 Å². The molecule has 4 heteroatoms. The molecule has 0 saturated carbocycles. The summed E-state index contributed by atoms with van der Waals surface area (Å²) in [5, 5.41) is 0.587. The fraction of sp³-hybridized carbons (Fsp3) is 0.250. The minimum Gasteiger partial charge on any atom is -0.354 e. The largest absolute Gasteiger partial charge is 0.354 e. The molecule has 3 aromatic rings. The Morgan fingerprint density at radius 3 is 2.38 bits per heavy atom. The van der Waals surface area contributed by atoms with Crippen LogP contribution in [0.1, 0.15) is 5.56 Å². The molecule has 0 amide bonds. The second-order valence-electron chi connectivity index (χ2n) is 6.23. The Hall–Kier alpha value is -2.46. The van der Waals surface area contributed by atoms with Crippen molar-refractivity contribution in [3.8, 4) is 0 Å². The zero-order valence-electron chi connectivity index (χ0n) is 13.5. The molecule has 24 heavy (non-hydrogen) atoms. The highest BCUT2D eigenvalue weighted by atomic mass is 19.1. The van der Waals surface area contributed by atoms with Crippen LogP contribution < -0.4 is 4.90 Å². The molecule has 0 aliphatic carbocycles. The third-order valence-corrected chi connectivity index (χ3v) is 4.60. The van der Waals surface area contributed by atoms with E-state index < -0.39 is 0 Å². The van der Waals surface area contributed by atoms with E-state index in [2.05, 4.69) is 39.0 Å². The number of halogens is 1. The molecule has 1 aliphatic heterocycles. The van der Waals surface area contributed by atoms with Crippen LogP contribution in [0.2, 0.25) is 0 Å². The van der Waals surface area contributed by atoms with Crippen molar-refractivity contribution < 1.29 is 4.39 Å². The lowest BCUT2D eigenvalue weighted by Crippen LogP contribution is -2.46. The second-order valence-corrected chi connectivity index (χ2v) is 6.23. The normalized spacial score (nSPS) is 15.8. The van der Waals surface area contributed by atoms with Gasteiger partial charge in [-0.15, -0.1) is 0 Å². The van der Waals surface area contributed by atoms with Crippen molar-refractivity contribution in [1.82, 2.24) is 9.88 Å². The molecule has 122 valence electrons. The second kappa shape index (κ2) is 6.57. The topological polar surface area (TPSA) is 19.4 Å². The van der Waals surface area contributed by atoms with E-state index in [-0.39, 0.29) is 5.82 Å². The number of aromatic nitrogens is 1. The standard InChI is InChI=1S/C20H20FN3/c21-18-14-20(22-19-9-5-4-8-17(18)19)24-12-10-23(11-13-24)15-16-6-2-1-3-7-16/h1-9,14H,10-13,15H2. The van der Waals surface area contributed by atoms with Crippen molar-refractivity contribution >= 4 is 16.7 Å². The number of hydrogen-bond acceptors (Lipinski definition) is 3. The quantitative estimate of drug-likeness (QED) is 0.733. The van der Waals surface area contributed by atoms with Gasteiger partial charge in [-0.2, -0.15) is 0 Å². The SMILES string of the molecule is Fc1cc(N2CCN(Cc3ccccc3)CC2)nc2ccccc12. The smallest absolute Gasteiger partial charge is 0.136 e. The van der Waals surface area contributed by atoms with Gasteiger partial charge < -0.3 is 4.90 Å². The van der Waals surface area contributed by atoms with Crippen LogP contribution in [0.3, 0.4) is 0 Å². The third kappa shape index (κ3) is 3.10. The van der Waals surface area contributed by atoms with Gasteiger partial charge in [0.25, 0.3) is 0 Å². The Labute approximate surface area is 141 Å². The number of benzene rings is 2. The zero-order valence-corrected chi connectivity index (χ0v) is 13.5. The van der Waals surface area contributed by atoms with Gasteiger partial charge in [-0.1, -0.05) is 42.5 Å². The van der Waals surface area contributed by atoms with Gasteiger partial charge in [0.2, 0.25) is 0 Å². The minimum atomic E-state index is -0.192. The molecule has 1 aliphatic rings. The van der Waals surface area contributed by atoms with E-state index in [1.807, 2.05) is 24.3 Å². The molecule has 0 atom stereocenters. The van der Waals surface area contributed by atoms with Gasteiger partial charge >= 0.3 is 0 Å². The first-order chi connectivity index (χ1) is 11.8. The van der Waals surface area contributed by atoms with Gasteiger partial charge in [-0.3, -0.25) is 4.90 Å². The number of pyridine rings is 1. The summed E-state index contributed by atoms with van der Waals surface area (Å²) >= 11 is 0. The molecular formula is C20H20FN3. The van der Waals surface area contributed by atoms with Gasteiger partial charge in [0, 0.05) is 44.2 Å². The third-order valence-electron chi connectivity index (χ3n) is 4.60. The molecule has 1 saturated heterocycles. The minimum absolute atomic E-state index is 0.192. The number of hydrogen-bond donors (Lipinski definition) is 0. The molecule has 0 N–H and O–H groups in total. The van der Waals surface area contributed by atoms with Crippen LogP contribution in [-0.4, -0.2) is 36.1 Å². The molecule has 0 unspecified atom stereocenters. The van der Waals surface area contributed by atoms with Crippen molar-refractivity contribution in [2.24, 2.45) is 0 Å². The highest BCUT2D eigenvalue weighted by Gasteiger charge is 2.19. The summed E-state index contributed by atoms with van der Waals surface area (Å²) in [4.78, 5) is 9.25. The molecule has 4 rings (SSSR count). The van der Waals surface area contributed by atoms with Crippen molar-refractivity contribution in [2.75, 3.05) is 31.1 Å². The number of nitrogens with zero attached hydrogens (tertiary/aromatic N) is 3. The first-order valence-corrected chi connectivity index (χ1v) is 8.36. The van der Waals surface area contributed by atoms with E-state index in [0.717, 1.165) is 44.1 Å². The molecule has 0 radical (unpaired) electrons. The maximum absolute atomic E-state index is 14.3. The average molecular weight is 321 g/mol. The number of rotatable bonds is 3. The van der Waals surface area contributed by atoms with Gasteiger partial charge in [-0.05, 0) is 17.7 Å². The summed E-state index contributed by atoms with van der Waals surface area (Å²) in [6.45, 7) is 4.64. The predicted octanol–water partition coefficient (Wildman–Crippen LogP) is 3.70. The summed E-state index contributed by atoms with van der Waals surface area (Å²) in [7, 11) is 0. The molecular weight excluding hydrogens is 301 g/mol. The van der Waals surface area contributed by atoms with Crippen LogP contribution in [0.5, 0.6) is 0 Å². The van der Waals surface area contributed by atoms with E-state index in [9.17, 15) is 4.39 Å². The fourth-order valence-corrected chi connectivity index (χ4v) is 3.26. The Morgan fingerprint density at radius 2 is 1.58 bits per heavy atom. The Morgan fingerprint density at radius 1 is 0.875 bits per heavy atom. The summed E-state index contributed by atoms with van der Waals surface area (Å²) in [6, 6.07) is 19.5. The highest BCUT2D eigenvalue weighted by Crippen LogP contribution is 2.22. The number of anilines is 1. The predicted molar refractivity (Wildman–Crippen MR) is 95.6 cm³/mol. The van der Waals surface area contributed by atoms with Crippen LogP contribution in [-0.2, 0) is 6.54 Å². The Bertz CT molecular complexity index is 827.